The molecule has 12 heteroatoms. The Morgan fingerprint density at radius 2 is 1.63 bits per heavy atom. The Labute approximate surface area is 293 Å². The van der Waals surface area contributed by atoms with Gasteiger partial charge in [-0.05, 0) is 36.3 Å². The Morgan fingerprint density at radius 3 is 2.20 bits per heavy atom. The molecule has 4 rings (SSSR count). The van der Waals surface area contributed by atoms with E-state index in [4.69, 9.17) is 9.47 Å². The molecule has 0 aliphatic carbocycles. The summed E-state index contributed by atoms with van der Waals surface area (Å²) in [7, 11) is 1.68. The summed E-state index contributed by atoms with van der Waals surface area (Å²) >= 11 is 1.57. The summed E-state index contributed by atoms with van der Waals surface area (Å²) in [5.41, 5.74) is 2.71. The van der Waals surface area contributed by atoms with Crippen molar-refractivity contribution in [3.8, 4) is 0 Å². The Bertz CT molecular complexity index is 1460. The van der Waals surface area contributed by atoms with Crippen LogP contribution in [-0.4, -0.2) is 83.6 Å². The monoisotopic (exact) mass is 693 g/mol. The summed E-state index contributed by atoms with van der Waals surface area (Å²) in [4.78, 5) is 46.2. The number of benzene rings is 2. The number of aliphatic hydroxyl groups is 1. The second kappa shape index (κ2) is 18.7. The molecule has 2 aromatic carbocycles. The number of aromatic nitrogens is 1. The third kappa shape index (κ3) is 12.1. The topological polar surface area (TPSA) is 142 Å². The van der Waals surface area contributed by atoms with E-state index < -0.39 is 30.3 Å². The average Bonchev–Trinajstić information content (AvgIpc) is 3.76. The first-order valence-corrected chi connectivity index (χ1v) is 17.9. The van der Waals surface area contributed by atoms with Gasteiger partial charge in [-0.2, -0.15) is 0 Å². The first kappa shape index (κ1) is 37.8. The lowest BCUT2D eigenvalue weighted by Crippen LogP contribution is -2.55. The molecule has 0 unspecified atom stereocenters. The number of ether oxygens (including phenoxy) is 2. The van der Waals surface area contributed by atoms with Crippen molar-refractivity contribution >= 4 is 29.4 Å². The molecule has 1 fully saturated rings. The highest BCUT2D eigenvalue weighted by atomic mass is 32.1. The molecule has 0 radical (unpaired) electrons. The van der Waals surface area contributed by atoms with Gasteiger partial charge in [0.15, 0.2) is 0 Å². The van der Waals surface area contributed by atoms with Crippen LogP contribution in [0.5, 0.6) is 0 Å². The van der Waals surface area contributed by atoms with Crippen LogP contribution in [0.4, 0.5) is 9.59 Å². The number of hydrogen-bond donors (Lipinski definition) is 4. The van der Waals surface area contributed by atoms with Crippen LogP contribution < -0.4 is 16.0 Å². The maximum absolute atomic E-state index is 13.9. The number of alkyl carbamates (subject to hydrolysis) is 1. The number of rotatable bonds is 16. The van der Waals surface area contributed by atoms with Gasteiger partial charge in [0.2, 0.25) is 5.91 Å². The van der Waals surface area contributed by atoms with Crippen LogP contribution in [-0.2, 0) is 33.7 Å². The van der Waals surface area contributed by atoms with E-state index in [1.165, 1.54) is 4.90 Å². The quantitative estimate of drug-likeness (QED) is 0.165. The lowest BCUT2D eigenvalue weighted by atomic mass is 9.93. The van der Waals surface area contributed by atoms with E-state index in [1.807, 2.05) is 79.9 Å². The number of urea groups is 1. The molecule has 1 aliphatic heterocycles. The maximum Gasteiger partial charge on any atom is 0.407 e. The minimum absolute atomic E-state index is 0.144. The second-order valence-electron chi connectivity index (χ2n) is 13.4. The van der Waals surface area contributed by atoms with Gasteiger partial charge < -0.3 is 35.4 Å². The van der Waals surface area contributed by atoms with E-state index in [0.717, 1.165) is 21.8 Å². The highest BCUT2D eigenvalue weighted by Gasteiger charge is 2.31. The summed E-state index contributed by atoms with van der Waals surface area (Å²) in [6.45, 7) is 9.11. The third-order valence-corrected chi connectivity index (χ3v) is 9.66. The molecule has 4 N–H and O–H groups in total. The third-order valence-electron chi connectivity index (χ3n) is 8.46. The van der Waals surface area contributed by atoms with Crippen molar-refractivity contribution in [1.82, 2.24) is 25.8 Å². The number of nitrogens with zero attached hydrogens (tertiary/aromatic N) is 2. The zero-order valence-corrected chi connectivity index (χ0v) is 29.9. The largest absolute Gasteiger partial charge is 0.444 e. The Balaban J connectivity index is 1.46. The number of carbonyl (C=O) groups excluding carboxylic acids is 3. The molecule has 4 amide bonds. The van der Waals surface area contributed by atoms with Crippen molar-refractivity contribution in [2.45, 2.75) is 96.2 Å². The number of aliphatic hydroxyl groups excluding tert-OH is 1. The average molecular weight is 694 g/mol. The summed E-state index contributed by atoms with van der Waals surface area (Å²) in [6.07, 6.45) is -0.423. The second-order valence-corrected chi connectivity index (χ2v) is 14.3. The zero-order chi connectivity index (χ0) is 35.3. The minimum atomic E-state index is -1.03. The number of carbonyl (C=O) groups is 3. The number of hydrogen-bond acceptors (Lipinski definition) is 8. The highest BCUT2D eigenvalue weighted by Crippen LogP contribution is 2.20. The van der Waals surface area contributed by atoms with Gasteiger partial charge in [-0.3, -0.25) is 4.79 Å². The molecule has 266 valence electrons. The SMILES string of the molecule is CC(C)c1nc(CN(C)C(=O)N[C@H](C(=O)N[C@@H](Cc2ccccc2)C[C@H](O)[C@H](Cc2ccccc2)NC(=O)O[C@H]2CCOC2)C(C)C)cs1. The molecule has 11 nitrogen and oxygen atoms in total. The molecule has 0 spiro atoms. The van der Waals surface area contributed by atoms with E-state index in [-0.39, 0.29) is 30.4 Å². The van der Waals surface area contributed by atoms with Crippen LogP contribution in [0.2, 0.25) is 0 Å². The van der Waals surface area contributed by atoms with Crippen LogP contribution in [0.25, 0.3) is 0 Å². The van der Waals surface area contributed by atoms with Crippen molar-refractivity contribution in [2.24, 2.45) is 5.92 Å². The highest BCUT2D eigenvalue weighted by molar-refractivity contribution is 7.09. The number of amides is 4. The van der Waals surface area contributed by atoms with Crippen LogP contribution in [0.3, 0.4) is 0 Å². The fraction of sp³-hybridized carbons (Fsp3) is 0.514. The maximum atomic E-state index is 13.9. The van der Waals surface area contributed by atoms with Crippen molar-refractivity contribution < 1.29 is 29.0 Å². The predicted molar refractivity (Wildman–Crippen MR) is 190 cm³/mol. The molecule has 0 bridgehead atoms. The predicted octanol–water partition coefficient (Wildman–Crippen LogP) is 5.04. The first-order chi connectivity index (χ1) is 23.5. The van der Waals surface area contributed by atoms with Crippen LogP contribution in [0.1, 0.15) is 68.3 Å². The van der Waals surface area contributed by atoms with Crippen LogP contribution >= 0.6 is 11.3 Å². The number of thiazole rings is 1. The molecular weight excluding hydrogens is 643 g/mol. The van der Waals surface area contributed by atoms with Gasteiger partial charge >= 0.3 is 12.1 Å². The zero-order valence-electron chi connectivity index (χ0n) is 29.1. The lowest BCUT2D eigenvalue weighted by molar-refractivity contribution is -0.124. The minimum Gasteiger partial charge on any atom is -0.444 e. The Hall–Kier alpha value is -4.00. The van der Waals surface area contributed by atoms with Gasteiger partial charge in [-0.25, -0.2) is 14.6 Å². The van der Waals surface area contributed by atoms with Crippen molar-refractivity contribution in [2.75, 3.05) is 20.3 Å². The molecule has 3 aromatic rings. The molecule has 5 atom stereocenters. The normalized spacial score (nSPS) is 16.9. The van der Waals surface area contributed by atoms with Gasteiger partial charge in [0.1, 0.15) is 12.1 Å². The van der Waals surface area contributed by atoms with Crippen LogP contribution in [0, 0.1) is 5.92 Å². The van der Waals surface area contributed by atoms with Crippen molar-refractivity contribution in [3.05, 3.63) is 87.9 Å². The molecular formula is C37H51N5O6S. The standard InChI is InChI=1S/C37H51N5O6S/c1-24(2)33(41-36(45)42(5)21-29-23-49-35(39-29)25(3)4)34(44)38-28(18-26-12-8-6-9-13-26)20-32(43)31(19-27-14-10-7-11-15-27)40-37(46)48-30-16-17-47-22-30/h6-15,23-25,28,30-33,43H,16-22H2,1-5H3,(H,38,44)(H,40,46)(H,41,45)/t28-,30-,31-,32-,33-/m0/s1. The summed E-state index contributed by atoms with van der Waals surface area (Å²) < 4.78 is 10.9. The fourth-order valence-corrected chi connectivity index (χ4v) is 6.51. The summed E-state index contributed by atoms with van der Waals surface area (Å²) in [5, 5.41) is 23.5. The van der Waals surface area contributed by atoms with E-state index in [1.54, 1.807) is 18.4 Å². The summed E-state index contributed by atoms with van der Waals surface area (Å²) in [5.74, 6) is -0.262. The van der Waals surface area contributed by atoms with Crippen molar-refractivity contribution in [1.29, 1.82) is 0 Å². The Kier molecular flexibility index (Phi) is 14.4. The van der Waals surface area contributed by atoms with E-state index in [9.17, 15) is 19.5 Å². The fourth-order valence-electron chi connectivity index (χ4n) is 5.69. The molecule has 1 aromatic heterocycles. The molecule has 1 aliphatic rings. The van der Waals surface area contributed by atoms with Gasteiger partial charge in [0.05, 0.1) is 42.6 Å². The van der Waals surface area contributed by atoms with Gasteiger partial charge in [-0.15, -0.1) is 11.3 Å². The van der Waals surface area contributed by atoms with E-state index >= 15 is 0 Å². The first-order valence-electron chi connectivity index (χ1n) is 17.1. The van der Waals surface area contributed by atoms with E-state index in [0.29, 0.717) is 44.9 Å². The number of nitrogens with one attached hydrogen (secondary N) is 3. The lowest BCUT2D eigenvalue weighted by Gasteiger charge is -2.31. The summed E-state index contributed by atoms with van der Waals surface area (Å²) in [6, 6.07) is 16.9. The molecule has 0 saturated carbocycles. The van der Waals surface area contributed by atoms with Crippen LogP contribution in [0.15, 0.2) is 66.0 Å². The van der Waals surface area contributed by atoms with E-state index in [2.05, 4.69) is 34.8 Å². The van der Waals surface area contributed by atoms with Gasteiger partial charge in [-0.1, -0.05) is 88.4 Å². The van der Waals surface area contributed by atoms with Crippen molar-refractivity contribution in [3.63, 3.8) is 0 Å². The molecule has 1 saturated heterocycles. The van der Waals surface area contributed by atoms with Gasteiger partial charge in [0.25, 0.3) is 0 Å². The molecule has 2 heterocycles. The smallest absolute Gasteiger partial charge is 0.407 e. The van der Waals surface area contributed by atoms with Gasteiger partial charge in [0, 0.05) is 30.8 Å². The molecule has 49 heavy (non-hydrogen) atoms. The Morgan fingerprint density at radius 1 is 0.980 bits per heavy atom.